The Hall–Kier alpha value is -0.850. The fourth-order valence-electron chi connectivity index (χ4n) is 0.581. The summed E-state index contributed by atoms with van der Waals surface area (Å²) in [7, 11) is 1.21. The largest absolute Gasteiger partial charge is 0.480 e. The van der Waals surface area contributed by atoms with Crippen LogP contribution >= 0.6 is 0 Å². The van der Waals surface area contributed by atoms with Gasteiger partial charge in [0.15, 0.2) is 0 Å². The summed E-state index contributed by atoms with van der Waals surface area (Å²) in [5.74, 6) is -1.12. The van der Waals surface area contributed by atoms with Gasteiger partial charge in [0, 0.05) is 0 Å². The van der Waals surface area contributed by atoms with E-state index in [4.69, 9.17) is 35.7 Å². The van der Waals surface area contributed by atoms with Crippen molar-refractivity contribution in [2.75, 3.05) is 33.4 Å². The number of aliphatic carboxylic acids is 1. The quantitative estimate of drug-likeness (QED) is 0.204. The predicted octanol–water partition coefficient (Wildman–Crippen LogP) is -4.83. The van der Waals surface area contributed by atoms with Crippen LogP contribution in [0.1, 0.15) is 0 Å². The van der Waals surface area contributed by atoms with Crippen molar-refractivity contribution in [3.63, 3.8) is 0 Å². The summed E-state index contributed by atoms with van der Waals surface area (Å²) < 4.78 is 0. The lowest BCUT2D eigenvalue weighted by molar-refractivity contribution is -0.328. The molecule has 0 aromatic rings. The summed E-state index contributed by atoms with van der Waals surface area (Å²) in [5.41, 5.74) is -1.31. The van der Waals surface area contributed by atoms with E-state index in [0.29, 0.717) is 0 Å². The molecule has 10 heteroatoms. The van der Waals surface area contributed by atoms with E-state index < -0.39 is 44.0 Å². The fraction of sp³-hybridized carbons (Fsp3) is 0.875. The lowest BCUT2D eigenvalue weighted by atomic mass is 10.0. The highest BCUT2D eigenvalue weighted by Crippen LogP contribution is 2.00. The molecule has 0 aromatic carbocycles. The molecule has 0 saturated heterocycles. The van der Waals surface area contributed by atoms with Crippen LogP contribution in [0.4, 0.5) is 0 Å². The van der Waals surface area contributed by atoms with E-state index in [1.807, 2.05) is 0 Å². The van der Waals surface area contributed by atoms with E-state index in [1.165, 1.54) is 7.05 Å². The Morgan fingerprint density at radius 3 is 1.56 bits per heavy atom. The van der Waals surface area contributed by atoms with Gasteiger partial charge < -0.3 is 35.7 Å². The summed E-state index contributed by atoms with van der Waals surface area (Å²) in [6, 6.07) is 0. The van der Waals surface area contributed by atoms with Crippen molar-refractivity contribution in [1.82, 2.24) is 10.6 Å². The maximum atomic E-state index is 10.1. The first kappa shape index (κ1) is 19.5. The van der Waals surface area contributed by atoms with E-state index >= 15 is 0 Å². The Morgan fingerprint density at radius 1 is 1.06 bits per heavy atom. The van der Waals surface area contributed by atoms with Crippen LogP contribution in [0, 0.1) is 0 Å². The first-order chi connectivity index (χ1) is 8.16. The number of carboxylic acids is 1. The molecule has 10 nitrogen and oxygen atoms in total. The maximum Gasteiger partial charge on any atom is 0.342 e. The minimum Gasteiger partial charge on any atom is -0.480 e. The minimum atomic E-state index is -2.71. The summed E-state index contributed by atoms with van der Waals surface area (Å²) in [6.07, 6.45) is -2.71. The predicted molar refractivity (Wildman–Crippen MR) is 58.1 cm³/mol. The third-order valence-corrected chi connectivity index (χ3v) is 1.86. The maximum absolute atomic E-state index is 10.1. The highest BCUT2D eigenvalue weighted by Gasteiger charge is 2.27. The highest BCUT2D eigenvalue weighted by molar-refractivity contribution is 5.69. The van der Waals surface area contributed by atoms with Crippen molar-refractivity contribution in [2.45, 2.75) is 11.6 Å². The molecule has 0 fully saturated rings. The fourth-order valence-corrected chi connectivity index (χ4v) is 0.581. The van der Waals surface area contributed by atoms with Gasteiger partial charge >= 0.3 is 12.1 Å². The molecule has 0 heterocycles. The molecule has 0 unspecified atom stereocenters. The number of aliphatic hydroxyl groups excluding tert-OH is 3. The Labute approximate surface area is 103 Å². The Morgan fingerprint density at radius 2 is 1.39 bits per heavy atom. The number of hydrogen-bond acceptors (Lipinski definition) is 9. The monoisotopic (exact) mass is 272 g/mol. The molecule has 0 aliphatic carbocycles. The second kappa shape index (κ2) is 9.13. The van der Waals surface area contributed by atoms with E-state index in [0.717, 1.165) is 0 Å². The van der Waals surface area contributed by atoms with Crippen LogP contribution < -0.4 is 10.6 Å². The third-order valence-electron chi connectivity index (χ3n) is 1.86. The van der Waals surface area contributed by atoms with Crippen LogP contribution in [-0.2, 0) is 4.79 Å². The van der Waals surface area contributed by atoms with Crippen LogP contribution in [0.25, 0.3) is 0 Å². The molecule has 0 aromatic heterocycles. The highest BCUT2D eigenvalue weighted by atomic mass is 16.7. The average molecular weight is 272 g/mol. The van der Waals surface area contributed by atoms with Crippen molar-refractivity contribution in [3.05, 3.63) is 0 Å². The molecule has 0 bridgehead atoms. The molecular weight excluding hydrogens is 252 g/mol. The van der Waals surface area contributed by atoms with Gasteiger partial charge in [-0.25, -0.2) is 5.32 Å². The zero-order valence-corrected chi connectivity index (χ0v) is 9.87. The van der Waals surface area contributed by atoms with Crippen molar-refractivity contribution in [3.8, 4) is 0 Å². The zero-order valence-electron chi connectivity index (χ0n) is 9.87. The van der Waals surface area contributed by atoms with E-state index in [2.05, 4.69) is 5.32 Å². The van der Waals surface area contributed by atoms with E-state index in [1.54, 1.807) is 5.32 Å². The van der Waals surface area contributed by atoms with Crippen molar-refractivity contribution in [2.24, 2.45) is 0 Å². The van der Waals surface area contributed by atoms with Gasteiger partial charge in [0.2, 0.25) is 0 Å². The molecule has 0 rings (SSSR count). The number of carbonyl (C=O) groups is 1. The first-order valence-corrected chi connectivity index (χ1v) is 4.82. The lowest BCUT2D eigenvalue weighted by Gasteiger charge is -2.27. The van der Waals surface area contributed by atoms with Crippen LogP contribution in [-0.4, -0.2) is 86.8 Å². The van der Waals surface area contributed by atoms with Crippen molar-refractivity contribution < 1.29 is 40.5 Å². The molecule has 18 heavy (non-hydrogen) atoms. The standard InChI is InChI=1S/C6H13NO5.C2H7NO3/c8-2-6(3-9,4-10)7-1-5(11)12;1-3-2(4,5)6/h7-10H,1-4H2,(H,11,12);3-6H,1H3. The number of hydrogen-bond donors (Lipinski definition) is 9. The zero-order chi connectivity index (χ0) is 14.8. The summed E-state index contributed by atoms with van der Waals surface area (Å²) in [6.45, 7) is -1.98. The summed E-state index contributed by atoms with van der Waals surface area (Å²) in [5, 5.41) is 62.0. The molecule has 0 amide bonds. The van der Waals surface area contributed by atoms with Gasteiger partial charge in [-0.15, -0.1) is 0 Å². The number of carboxylic acid groups (broad SMARTS) is 1. The minimum absolute atomic E-state index is 0.415. The lowest BCUT2D eigenvalue weighted by Crippen LogP contribution is -2.56. The molecule has 0 spiro atoms. The smallest absolute Gasteiger partial charge is 0.342 e. The Kier molecular flexibility index (Phi) is 9.88. The molecule has 0 radical (unpaired) electrons. The Balaban J connectivity index is 0. The molecule has 0 saturated carbocycles. The third kappa shape index (κ3) is 10.3. The first-order valence-electron chi connectivity index (χ1n) is 4.82. The van der Waals surface area contributed by atoms with Crippen LogP contribution in [0.2, 0.25) is 0 Å². The second-order valence-electron chi connectivity index (χ2n) is 3.39. The van der Waals surface area contributed by atoms with Gasteiger partial charge in [-0.2, -0.15) is 0 Å². The number of aliphatic hydroxyl groups is 6. The van der Waals surface area contributed by atoms with Crippen LogP contribution in [0.15, 0.2) is 0 Å². The Bertz CT molecular complexity index is 217. The van der Waals surface area contributed by atoms with Crippen molar-refractivity contribution >= 4 is 5.97 Å². The average Bonchev–Trinajstić information content (AvgIpc) is 2.31. The number of nitrogens with one attached hydrogen (secondary N) is 2. The number of rotatable bonds is 7. The van der Waals surface area contributed by atoms with Crippen LogP contribution in [0.3, 0.4) is 0 Å². The van der Waals surface area contributed by atoms with Gasteiger partial charge in [-0.1, -0.05) is 0 Å². The summed E-state index contributed by atoms with van der Waals surface area (Å²) in [4.78, 5) is 10.1. The van der Waals surface area contributed by atoms with Gasteiger partial charge in [-0.3, -0.25) is 10.1 Å². The molecular formula is C8H20N2O8. The van der Waals surface area contributed by atoms with Gasteiger partial charge in [0.25, 0.3) is 0 Å². The van der Waals surface area contributed by atoms with Gasteiger partial charge in [0.1, 0.15) is 0 Å². The SMILES string of the molecule is CNC(O)(O)O.O=C(O)CNC(CO)(CO)CO. The second-order valence-corrected chi connectivity index (χ2v) is 3.39. The topological polar surface area (TPSA) is 183 Å². The summed E-state index contributed by atoms with van der Waals surface area (Å²) >= 11 is 0. The van der Waals surface area contributed by atoms with Gasteiger partial charge in [-0.05, 0) is 7.05 Å². The van der Waals surface area contributed by atoms with E-state index in [-0.39, 0.29) is 0 Å². The molecule has 0 atom stereocenters. The molecule has 0 aliphatic rings. The van der Waals surface area contributed by atoms with Crippen molar-refractivity contribution in [1.29, 1.82) is 0 Å². The van der Waals surface area contributed by atoms with Gasteiger partial charge in [0.05, 0.1) is 31.9 Å². The van der Waals surface area contributed by atoms with E-state index in [9.17, 15) is 4.79 Å². The van der Waals surface area contributed by atoms with Crippen LogP contribution in [0.5, 0.6) is 0 Å². The molecule has 9 N–H and O–H groups in total. The molecule has 0 aliphatic heterocycles. The molecule has 110 valence electrons. The normalized spacial score (nSPS) is 11.7.